The van der Waals surface area contributed by atoms with Gasteiger partial charge >= 0.3 is 0 Å². The number of nitrogens with one attached hydrogen (secondary N) is 1. The SMILES string of the molecule is C.C.C.C.C.C.C.C.CCCS(=O)(=O)c1cc(C)cc(C)c1.CCCS(=O)(=O)c1cc(C)cc(C)c1.CCCS(=O)(=O)c1cc(C)cc(C)c1.CCCS(=O)(=O)c1cc(C)cc(C)c1.CCCS(=O)(=O)c1cc(C)cc(C)c1.Cc1cc(C)cc(S(=O)(=O)NCC(C)(C)C)c1. The third-order valence-electron chi connectivity index (χ3n) is 12.4. The fourth-order valence-electron chi connectivity index (χ4n) is 8.98. The van der Waals surface area contributed by atoms with Crippen LogP contribution in [-0.4, -0.2) is 85.8 Å². The van der Waals surface area contributed by atoms with Gasteiger partial charge in [-0.1, -0.05) is 151 Å². The first-order chi connectivity index (χ1) is 39.9. The summed E-state index contributed by atoms with van der Waals surface area (Å²) in [7, 11) is -18.7. The Labute approximate surface area is 586 Å². The number of sulfonamides is 1. The zero-order chi connectivity index (χ0) is 67.1. The van der Waals surface area contributed by atoms with Crippen LogP contribution in [0.5, 0.6) is 0 Å². The van der Waals surface area contributed by atoms with Gasteiger partial charge in [-0.15, -0.1) is 0 Å². The second-order valence-electron chi connectivity index (χ2n) is 23.9. The van der Waals surface area contributed by atoms with Crippen LogP contribution >= 0.6 is 0 Å². The number of benzene rings is 6. The van der Waals surface area contributed by atoms with Gasteiger partial charge in [0, 0.05) is 6.54 Å². The van der Waals surface area contributed by atoms with E-state index in [4.69, 9.17) is 0 Å². The minimum absolute atomic E-state index is 0. The summed E-state index contributed by atoms with van der Waals surface area (Å²) in [6, 6.07) is 32.6. The Morgan fingerprint density at radius 2 is 0.368 bits per heavy atom. The maximum atomic E-state index is 12.1. The van der Waals surface area contributed by atoms with Crippen molar-refractivity contribution in [2.24, 2.45) is 5.41 Å². The molecule has 0 saturated carbocycles. The summed E-state index contributed by atoms with van der Waals surface area (Å²) in [6.07, 6.45) is 3.31. The van der Waals surface area contributed by atoms with Crippen LogP contribution in [0.25, 0.3) is 0 Å². The van der Waals surface area contributed by atoms with Gasteiger partial charge in [0.1, 0.15) is 0 Å². The zero-order valence-corrected chi connectivity index (χ0v) is 60.4. The maximum Gasteiger partial charge on any atom is 0.240 e. The molecule has 0 amide bonds. The Balaban J connectivity index is -0.000000157. The van der Waals surface area contributed by atoms with E-state index in [1.54, 1.807) is 72.8 Å². The summed E-state index contributed by atoms with van der Waals surface area (Å²) in [5, 5.41) is 0. The molecule has 6 aromatic rings. The molecule has 6 rings (SSSR count). The molecule has 6 aromatic carbocycles. The predicted molar refractivity (Wildman–Crippen MR) is 416 cm³/mol. The number of rotatable bonds is 18. The van der Waals surface area contributed by atoms with Crippen LogP contribution < -0.4 is 4.72 Å². The molecule has 0 aliphatic carbocycles. The molecule has 0 aliphatic rings. The number of sulfone groups is 5. The largest absolute Gasteiger partial charge is 0.240 e. The third-order valence-corrected chi connectivity index (χ3v) is 23.3. The van der Waals surface area contributed by atoms with Crippen molar-refractivity contribution in [3.63, 3.8) is 0 Å². The molecule has 0 heterocycles. The predicted octanol–water partition coefficient (Wildman–Crippen LogP) is 20.2. The lowest BCUT2D eigenvalue weighted by atomic mass is 9.98. The lowest BCUT2D eigenvalue weighted by molar-refractivity contribution is 0.407. The minimum Gasteiger partial charge on any atom is -0.224 e. The van der Waals surface area contributed by atoms with Gasteiger partial charge in [-0.25, -0.2) is 55.2 Å². The Bertz CT molecular complexity index is 3320. The van der Waals surface area contributed by atoms with E-state index in [-0.39, 0.29) is 93.6 Å². The van der Waals surface area contributed by atoms with Crippen LogP contribution in [0.15, 0.2) is 139 Å². The Morgan fingerprint density at radius 1 is 0.242 bits per heavy atom. The van der Waals surface area contributed by atoms with Gasteiger partial charge in [-0.2, -0.15) is 0 Å². The maximum absolute atomic E-state index is 12.1. The number of hydrogen-bond acceptors (Lipinski definition) is 12. The van der Waals surface area contributed by atoms with E-state index in [1.165, 1.54) is 0 Å². The van der Waals surface area contributed by atoms with E-state index in [9.17, 15) is 50.5 Å². The lowest BCUT2D eigenvalue weighted by Gasteiger charge is -2.19. The number of aryl methyl sites for hydroxylation is 12. The molecule has 1 N–H and O–H groups in total. The smallest absolute Gasteiger partial charge is 0.224 e. The van der Waals surface area contributed by atoms with Gasteiger partial charge in [0.2, 0.25) is 10.0 Å². The highest BCUT2D eigenvalue weighted by atomic mass is 32.2. The average Bonchev–Trinajstić information content (AvgIpc) is 0.968. The van der Waals surface area contributed by atoms with Crippen LogP contribution in [-0.2, 0) is 59.2 Å². The van der Waals surface area contributed by atoms with Gasteiger partial charge in [-0.3, -0.25) is 0 Å². The molecular formula is C76H133NO12S6. The first-order valence-corrected chi connectivity index (χ1v) is 39.3. The van der Waals surface area contributed by atoms with Crippen molar-refractivity contribution in [1.29, 1.82) is 0 Å². The van der Waals surface area contributed by atoms with E-state index in [2.05, 4.69) is 4.72 Å². The highest BCUT2D eigenvalue weighted by Gasteiger charge is 2.20. The van der Waals surface area contributed by atoms with Gasteiger partial charge in [0.25, 0.3) is 0 Å². The van der Waals surface area contributed by atoms with Crippen LogP contribution in [0.2, 0.25) is 0 Å². The molecule has 0 fully saturated rings. The summed E-state index contributed by atoms with van der Waals surface area (Å²) in [6.45, 7) is 38.7. The zero-order valence-electron chi connectivity index (χ0n) is 55.5. The van der Waals surface area contributed by atoms with Gasteiger partial charge in [0.05, 0.1) is 58.1 Å². The van der Waals surface area contributed by atoms with E-state index >= 15 is 0 Å². The van der Waals surface area contributed by atoms with Crippen LogP contribution in [0.4, 0.5) is 0 Å². The lowest BCUT2D eigenvalue weighted by Crippen LogP contribution is -2.32. The quantitative estimate of drug-likeness (QED) is 0.0850. The summed E-state index contributed by atoms with van der Waals surface area (Å²) in [5.41, 5.74) is 11.9. The average molecular weight is 1450 g/mol. The molecular weight excluding hydrogens is 1310 g/mol. The summed E-state index contributed by atoms with van der Waals surface area (Å²) >= 11 is 0. The summed E-state index contributed by atoms with van der Waals surface area (Å²) < 4.78 is 144. The molecule has 0 unspecified atom stereocenters. The van der Waals surface area contributed by atoms with Crippen molar-refractivity contribution in [2.75, 3.05) is 35.3 Å². The molecule has 95 heavy (non-hydrogen) atoms. The monoisotopic (exact) mass is 1440 g/mol. The molecule has 0 radical (unpaired) electrons. The third kappa shape index (κ3) is 39.8. The normalized spacial score (nSPS) is 10.9. The van der Waals surface area contributed by atoms with Crippen molar-refractivity contribution in [1.82, 2.24) is 4.72 Å². The van der Waals surface area contributed by atoms with Crippen molar-refractivity contribution in [3.05, 3.63) is 176 Å². The molecule has 0 aromatic heterocycles. The van der Waals surface area contributed by atoms with Crippen molar-refractivity contribution in [3.8, 4) is 0 Å². The molecule has 0 spiro atoms. The second-order valence-corrected chi connectivity index (χ2v) is 36.2. The Morgan fingerprint density at radius 3 is 0.484 bits per heavy atom. The van der Waals surface area contributed by atoms with Crippen molar-refractivity contribution in [2.45, 2.75) is 259 Å². The van der Waals surface area contributed by atoms with Crippen molar-refractivity contribution >= 4 is 59.2 Å². The standard InChI is InChI=1S/C13H21NO2S.5C11H16O2S.8CH4/c1-10-6-11(2)8-12(7-10)17(15,16)14-9-13(3,4)5;5*1-4-5-14(12,13)11-7-9(2)6-10(3)8-11;;;;;;;;/h6-8,14H,9H2,1-5H3;5*6-8H,4-5H2,1-3H3;8*1H4. The van der Waals surface area contributed by atoms with E-state index < -0.39 is 59.2 Å². The van der Waals surface area contributed by atoms with Crippen molar-refractivity contribution < 1.29 is 50.5 Å². The molecule has 0 saturated heterocycles. The minimum atomic E-state index is -3.39. The Kier molecular flexibility index (Phi) is 52.5. The highest BCUT2D eigenvalue weighted by Crippen LogP contribution is 2.22. The summed E-state index contributed by atoms with van der Waals surface area (Å²) in [5.74, 6) is 1.16. The van der Waals surface area contributed by atoms with Gasteiger partial charge < -0.3 is 0 Å². The number of hydrogen-bond donors (Lipinski definition) is 1. The van der Waals surface area contributed by atoms with Crippen LogP contribution in [0, 0.1) is 88.5 Å². The Hall–Kier alpha value is -5.02. The molecule has 19 heteroatoms. The fraction of sp³-hybridized carbons (Fsp3) is 0.526. The van der Waals surface area contributed by atoms with E-state index in [0.29, 0.717) is 68.0 Å². The van der Waals surface area contributed by atoms with Gasteiger partial charge in [-0.05, 0) is 260 Å². The fourth-order valence-corrected chi connectivity index (χ4v) is 18.0. The van der Waals surface area contributed by atoms with E-state index in [0.717, 1.165) is 66.8 Å². The first-order valence-electron chi connectivity index (χ1n) is 29.5. The topological polar surface area (TPSA) is 217 Å². The van der Waals surface area contributed by atoms with Crippen LogP contribution in [0.3, 0.4) is 0 Å². The molecule has 0 bridgehead atoms. The second kappa shape index (κ2) is 47.1. The summed E-state index contributed by atoms with van der Waals surface area (Å²) in [4.78, 5) is 2.62. The molecule has 550 valence electrons. The highest BCUT2D eigenvalue weighted by molar-refractivity contribution is 7.92. The first kappa shape index (κ1) is 106. The van der Waals surface area contributed by atoms with Crippen LogP contribution in [0.1, 0.15) is 214 Å². The molecule has 0 aliphatic heterocycles. The van der Waals surface area contributed by atoms with E-state index in [1.807, 2.05) is 175 Å². The van der Waals surface area contributed by atoms with Gasteiger partial charge in [0.15, 0.2) is 49.2 Å². The molecule has 13 nitrogen and oxygen atoms in total. The molecule has 0 atom stereocenters.